The van der Waals surface area contributed by atoms with E-state index in [1.165, 1.54) is 12.2 Å². The lowest BCUT2D eigenvalue weighted by molar-refractivity contribution is 0.544. The molecule has 20 heavy (non-hydrogen) atoms. The molecule has 0 aromatic carbocycles. The molecule has 0 bridgehead atoms. The first-order valence-electron chi connectivity index (χ1n) is 5.30. The van der Waals surface area contributed by atoms with Gasteiger partial charge in [-0.2, -0.15) is 0 Å². The highest BCUT2D eigenvalue weighted by molar-refractivity contribution is 6.45. The van der Waals surface area contributed by atoms with Gasteiger partial charge in [-0.1, -0.05) is 0 Å². The Kier molecular flexibility index (Phi) is 11.4. The molecule has 1 aliphatic carbocycles. The van der Waals surface area contributed by atoms with Gasteiger partial charge < -0.3 is 0 Å². The summed E-state index contributed by atoms with van der Waals surface area (Å²) in [5, 5.41) is -2.62. The van der Waals surface area contributed by atoms with Gasteiger partial charge in [0.2, 0.25) is 12.2 Å². The molecule has 10 heteroatoms. The lowest BCUT2D eigenvalue weighted by Crippen LogP contribution is -2.52. The summed E-state index contributed by atoms with van der Waals surface area (Å²) in [7, 11) is 0. The second kappa shape index (κ2) is 11.1. The number of isocyanates is 2. The Hall–Kier alpha value is 0.500. The topological polar surface area (TPSA) is 58.9 Å². The van der Waals surface area contributed by atoms with Gasteiger partial charge in [-0.15, -0.1) is 69.6 Å². The van der Waals surface area contributed by atoms with Gasteiger partial charge in [0.05, 0.1) is 45.4 Å². The first-order chi connectivity index (χ1) is 9.38. The van der Waals surface area contributed by atoms with Crippen LogP contribution in [0.5, 0.6) is 0 Å². The fourth-order valence-corrected chi connectivity index (χ4v) is 3.57. The van der Waals surface area contributed by atoms with Gasteiger partial charge in [0.25, 0.3) is 0 Å². The summed E-state index contributed by atoms with van der Waals surface area (Å²) in [4.78, 5) is 24.9. The minimum Gasteiger partial charge on any atom is -0.211 e. The fourth-order valence-electron chi connectivity index (χ4n) is 1.25. The normalized spacial score (nSPS) is 35.9. The molecule has 0 N–H and O–H groups in total. The van der Waals surface area contributed by atoms with Gasteiger partial charge in [0.15, 0.2) is 0 Å². The van der Waals surface area contributed by atoms with Crippen molar-refractivity contribution in [2.75, 3.05) is 13.1 Å². The molecular formula is C10H10Cl6N2O2. The molecule has 0 spiro atoms. The number of hydrogen-bond acceptors (Lipinski definition) is 4. The van der Waals surface area contributed by atoms with Gasteiger partial charge in [0, 0.05) is 0 Å². The van der Waals surface area contributed by atoms with E-state index in [1.807, 2.05) is 0 Å². The van der Waals surface area contributed by atoms with Gasteiger partial charge in [-0.25, -0.2) is 19.6 Å². The third-order valence-electron chi connectivity index (χ3n) is 2.28. The van der Waals surface area contributed by atoms with Crippen molar-refractivity contribution in [1.29, 1.82) is 0 Å². The zero-order valence-corrected chi connectivity index (χ0v) is 14.4. The Morgan fingerprint density at radius 3 is 0.950 bits per heavy atom. The van der Waals surface area contributed by atoms with Crippen molar-refractivity contribution in [3.05, 3.63) is 0 Å². The number of halogens is 6. The Balaban J connectivity index is 0.000000396. The van der Waals surface area contributed by atoms with E-state index in [2.05, 4.69) is 9.98 Å². The minimum absolute atomic E-state index is 0.221. The zero-order valence-electron chi connectivity index (χ0n) is 9.86. The minimum atomic E-state index is -0.437. The number of aliphatic imine (C=N–C) groups is 2. The molecule has 0 saturated heterocycles. The molecule has 4 nitrogen and oxygen atoms in total. The first-order valence-corrected chi connectivity index (χ1v) is 7.92. The molecule has 0 aliphatic heterocycles. The number of rotatable bonds is 3. The average Bonchev–Trinajstić information content (AvgIpc) is 2.46. The number of nitrogens with zero attached hydrogens (tertiary/aromatic N) is 2. The average molecular weight is 403 g/mol. The standard InChI is InChI=1S/C6H6Cl6.C4H4N2O2/c7-1-2(8)4(10)6(12)5(11)3(1)9;7-3-5-1-2-6-4-8/h1-6H;1-2H2. The van der Waals surface area contributed by atoms with Crippen molar-refractivity contribution in [1.82, 2.24) is 0 Å². The van der Waals surface area contributed by atoms with Crippen LogP contribution in [-0.2, 0) is 9.59 Å². The molecular weight excluding hydrogens is 393 g/mol. The highest BCUT2D eigenvalue weighted by Crippen LogP contribution is 2.39. The maximum Gasteiger partial charge on any atom is 0.235 e. The van der Waals surface area contributed by atoms with Gasteiger partial charge >= 0.3 is 0 Å². The summed E-state index contributed by atoms with van der Waals surface area (Å²) in [5.41, 5.74) is 0. The van der Waals surface area contributed by atoms with E-state index in [1.54, 1.807) is 0 Å². The second-order valence-electron chi connectivity index (χ2n) is 3.61. The van der Waals surface area contributed by atoms with Crippen LogP contribution in [0.25, 0.3) is 0 Å². The molecule has 0 amide bonds. The van der Waals surface area contributed by atoms with Crippen LogP contribution in [0.3, 0.4) is 0 Å². The summed E-state index contributed by atoms with van der Waals surface area (Å²) in [6.45, 7) is 0.442. The van der Waals surface area contributed by atoms with Crippen LogP contribution < -0.4 is 0 Å². The number of alkyl halides is 6. The molecule has 1 fully saturated rings. The van der Waals surface area contributed by atoms with Crippen molar-refractivity contribution in [3.63, 3.8) is 0 Å². The largest absolute Gasteiger partial charge is 0.235 e. The van der Waals surface area contributed by atoms with Gasteiger partial charge in [-0.3, -0.25) is 0 Å². The monoisotopic (exact) mass is 400 g/mol. The van der Waals surface area contributed by atoms with E-state index < -0.39 is 32.3 Å². The summed E-state index contributed by atoms with van der Waals surface area (Å²) < 4.78 is 0. The fraction of sp³-hybridized carbons (Fsp3) is 0.800. The Morgan fingerprint density at radius 1 is 0.600 bits per heavy atom. The maximum atomic E-state index is 9.34. The van der Waals surface area contributed by atoms with Crippen LogP contribution in [0, 0.1) is 0 Å². The van der Waals surface area contributed by atoms with Crippen molar-refractivity contribution < 1.29 is 9.59 Å². The zero-order chi connectivity index (χ0) is 15.7. The van der Waals surface area contributed by atoms with Crippen molar-refractivity contribution in [2.24, 2.45) is 9.98 Å². The molecule has 1 rings (SSSR count). The molecule has 0 aromatic heterocycles. The van der Waals surface area contributed by atoms with Crippen LogP contribution in [0.2, 0.25) is 0 Å². The molecule has 1 saturated carbocycles. The first kappa shape index (κ1) is 20.5. The highest BCUT2D eigenvalue weighted by Gasteiger charge is 2.46. The van der Waals surface area contributed by atoms with Gasteiger partial charge in [0.1, 0.15) is 0 Å². The van der Waals surface area contributed by atoms with E-state index in [-0.39, 0.29) is 13.1 Å². The summed E-state index contributed by atoms with van der Waals surface area (Å²) in [6, 6.07) is 0. The summed E-state index contributed by atoms with van der Waals surface area (Å²) >= 11 is 35.3. The third-order valence-corrected chi connectivity index (χ3v) is 6.31. The molecule has 1 aliphatic rings. The van der Waals surface area contributed by atoms with Crippen LogP contribution in [-0.4, -0.2) is 57.5 Å². The molecule has 0 radical (unpaired) electrons. The van der Waals surface area contributed by atoms with Gasteiger partial charge in [-0.05, 0) is 0 Å². The Bertz CT molecular complexity index is 309. The van der Waals surface area contributed by atoms with E-state index in [0.29, 0.717) is 0 Å². The predicted molar refractivity (Wildman–Crippen MR) is 83.8 cm³/mol. The van der Waals surface area contributed by atoms with Crippen molar-refractivity contribution in [3.8, 4) is 0 Å². The van der Waals surface area contributed by atoms with Crippen LogP contribution >= 0.6 is 69.6 Å². The number of carbonyl (C=O) groups excluding carboxylic acids is 2. The summed E-state index contributed by atoms with van der Waals surface area (Å²) in [5.74, 6) is 0. The van der Waals surface area contributed by atoms with Crippen LogP contribution in [0.4, 0.5) is 0 Å². The van der Waals surface area contributed by atoms with Crippen molar-refractivity contribution in [2.45, 2.75) is 32.3 Å². The van der Waals surface area contributed by atoms with E-state index in [4.69, 9.17) is 69.6 Å². The second-order valence-corrected chi connectivity index (χ2v) is 6.64. The Labute approximate surface area is 146 Å². The predicted octanol–water partition coefficient (Wildman–Crippen LogP) is 3.30. The molecule has 0 aromatic rings. The molecule has 0 heterocycles. The summed E-state index contributed by atoms with van der Waals surface area (Å²) in [6.07, 6.45) is 2.62. The van der Waals surface area contributed by atoms with Crippen molar-refractivity contribution >= 4 is 81.8 Å². The highest BCUT2D eigenvalue weighted by atomic mass is 35.5. The van der Waals surface area contributed by atoms with E-state index in [9.17, 15) is 9.59 Å². The Morgan fingerprint density at radius 2 is 0.800 bits per heavy atom. The SMILES string of the molecule is ClC1C(Cl)C(Cl)C(Cl)C(Cl)C1Cl.O=C=NCCN=C=O. The number of hydrogen-bond donors (Lipinski definition) is 0. The smallest absolute Gasteiger partial charge is 0.211 e. The van der Waals surface area contributed by atoms with Crippen LogP contribution in [0.1, 0.15) is 0 Å². The quantitative estimate of drug-likeness (QED) is 0.315. The third kappa shape index (κ3) is 6.51. The van der Waals surface area contributed by atoms with E-state index >= 15 is 0 Å². The van der Waals surface area contributed by atoms with E-state index in [0.717, 1.165) is 0 Å². The molecule has 114 valence electrons. The molecule has 0 atom stereocenters. The lowest BCUT2D eigenvalue weighted by Gasteiger charge is -2.37. The lowest BCUT2D eigenvalue weighted by atomic mass is 9.97. The van der Waals surface area contributed by atoms with Crippen LogP contribution in [0.15, 0.2) is 9.98 Å². The maximum absolute atomic E-state index is 9.34. The molecule has 0 unspecified atom stereocenters.